The lowest BCUT2D eigenvalue weighted by Gasteiger charge is -2.14. The number of benzene rings is 3. The zero-order valence-electron chi connectivity index (χ0n) is 25.6. The van der Waals surface area contributed by atoms with Crippen molar-refractivity contribution in [3.05, 3.63) is 101 Å². The fourth-order valence-electron chi connectivity index (χ4n) is 4.84. The molecule has 2 aromatic heterocycles. The highest BCUT2D eigenvalue weighted by molar-refractivity contribution is 6.31. The van der Waals surface area contributed by atoms with Gasteiger partial charge in [-0.3, -0.25) is 15.2 Å². The standard InChI is InChI=1S/C32H32ClN7O7/c1-3-4-13-29-34-30(33)27(19-41)38(29)18-22-14-16-23(17-15-22)25-10-6-7-11-26(25)31-35-37-39(36-31)21(2)46-32(42)47-28-12-8-5-9-24(28)20-45-40(43)44/h5-12,14-17,19,21,43-44H,3-4,13,18,20H2,1-2H3. The van der Waals surface area contributed by atoms with E-state index in [2.05, 4.69) is 32.2 Å². The molecule has 0 aliphatic heterocycles. The molecule has 5 aromatic rings. The number of hydrogen-bond acceptors (Lipinski definition) is 12. The Morgan fingerprint density at radius 2 is 1.77 bits per heavy atom. The Balaban J connectivity index is 1.29. The number of carbonyl (C=O) groups excluding carboxylic acids is 2. The molecule has 0 fully saturated rings. The van der Waals surface area contributed by atoms with Gasteiger partial charge in [0, 0.05) is 24.1 Å². The number of para-hydroxylation sites is 1. The van der Waals surface area contributed by atoms with Gasteiger partial charge in [0.15, 0.2) is 11.4 Å². The van der Waals surface area contributed by atoms with E-state index >= 15 is 0 Å². The number of rotatable bonds is 14. The molecule has 0 amide bonds. The monoisotopic (exact) mass is 661 g/mol. The lowest BCUT2D eigenvalue weighted by atomic mass is 9.98. The summed E-state index contributed by atoms with van der Waals surface area (Å²) >= 11 is 6.25. The van der Waals surface area contributed by atoms with Crippen molar-refractivity contribution in [2.75, 3.05) is 0 Å². The summed E-state index contributed by atoms with van der Waals surface area (Å²) in [6, 6.07) is 21.9. The van der Waals surface area contributed by atoms with Gasteiger partial charge in [-0.25, -0.2) is 14.6 Å². The van der Waals surface area contributed by atoms with Crippen LogP contribution in [0.2, 0.25) is 5.15 Å². The van der Waals surface area contributed by atoms with Gasteiger partial charge in [-0.2, -0.15) is 0 Å². The number of nitrogens with zero attached hydrogens (tertiary/aromatic N) is 7. The Morgan fingerprint density at radius 3 is 2.49 bits per heavy atom. The molecule has 2 heterocycles. The van der Waals surface area contributed by atoms with E-state index in [1.54, 1.807) is 25.1 Å². The van der Waals surface area contributed by atoms with Gasteiger partial charge in [0.2, 0.25) is 12.1 Å². The molecule has 1 unspecified atom stereocenters. The topological polar surface area (TPSA) is 167 Å². The van der Waals surface area contributed by atoms with Crippen LogP contribution in [0.1, 0.15) is 60.4 Å². The molecule has 0 spiro atoms. The maximum absolute atomic E-state index is 12.5. The van der Waals surface area contributed by atoms with Crippen LogP contribution in [0.3, 0.4) is 0 Å². The molecule has 244 valence electrons. The van der Waals surface area contributed by atoms with E-state index < -0.39 is 17.8 Å². The Kier molecular flexibility index (Phi) is 11.0. The average molecular weight is 662 g/mol. The van der Waals surface area contributed by atoms with Gasteiger partial charge in [0.05, 0.1) is 5.39 Å². The van der Waals surface area contributed by atoms with Crippen LogP contribution in [0.5, 0.6) is 5.75 Å². The van der Waals surface area contributed by atoms with Crippen molar-refractivity contribution in [3.63, 3.8) is 0 Å². The van der Waals surface area contributed by atoms with Gasteiger partial charge in [0.25, 0.3) is 0 Å². The number of tetrazole rings is 1. The van der Waals surface area contributed by atoms with E-state index in [0.717, 1.165) is 52.9 Å². The van der Waals surface area contributed by atoms with Crippen molar-refractivity contribution in [1.82, 2.24) is 35.1 Å². The van der Waals surface area contributed by atoms with E-state index in [1.165, 1.54) is 6.07 Å². The van der Waals surface area contributed by atoms with Crippen molar-refractivity contribution in [1.29, 1.82) is 0 Å². The predicted molar refractivity (Wildman–Crippen MR) is 167 cm³/mol. The molecule has 2 N–H and O–H groups in total. The number of imidazole rings is 1. The Morgan fingerprint density at radius 1 is 1.04 bits per heavy atom. The van der Waals surface area contributed by atoms with Gasteiger partial charge in [-0.05, 0) is 41.3 Å². The van der Waals surface area contributed by atoms with E-state index in [9.17, 15) is 9.59 Å². The van der Waals surface area contributed by atoms with E-state index in [1.807, 2.05) is 53.1 Å². The average Bonchev–Trinajstić information content (AvgIpc) is 3.68. The second-order valence-electron chi connectivity index (χ2n) is 10.4. The van der Waals surface area contributed by atoms with Crippen LogP contribution in [0.25, 0.3) is 22.5 Å². The van der Waals surface area contributed by atoms with Gasteiger partial charge >= 0.3 is 6.16 Å². The van der Waals surface area contributed by atoms with Crippen molar-refractivity contribution in [3.8, 4) is 28.3 Å². The summed E-state index contributed by atoms with van der Waals surface area (Å²) in [6.45, 7) is 3.83. The second-order valence-corrected chi connectivity index (χ2v) is 10.7. The third kappa shape index (κ3) is 8.24. The van der Waals surface area contributed by atoms with Crippen LogP contribution >= 0.6 is 11.6 Å². The fourth-order valence-corrected chi connectivity index (χ4v) is 5.08. The number of unbranched alkanes of at least 4 members (excludes halogenated alkanes) is 1. The van der Waals surface area contributed by atoms with Gasteiger partial charge < -0.3 is 14.0 Å². The first-order valence-corrected chi connectivity index (χ1v) is 15.1. The molecule has 0 radical (unpaired) electrons. The number of aldehydes is 1. The van der Waals surface area contributed by atoms with Crippen LogP contribution in [0.4, 0.5) is 4.79 Å². The fraction of sp³-hybridized carbons (Fsp3) is 0.250. The Bertz CT molecular complexity index is 1820. The third-order valence-corrected chi connectivity index (χ3v) is 7.48. The van der Waals surface area contributed by atoms with Gasteiger partial charge in [0.1, 0.15) is 23.9 Å². The molecular weight excluding hydrogens is 630 g/mol. The molecule has 47 heavy (non-hydrogen) atoms. The Labute approximate surface area is 274 Å². The summed E-state index contributed by atoms with van der Waals surface area (Å²) in [6.07, 6.45) is 1.40. The first kappa shape index (κ1) is 33.4. The van der Waals surface area contributed by atoms with Gasteiger partial charge in [-0.1, -0.05) is 91.7 Å². The van der Waals surface area contributed by atoms with E-state index in [-0.39, 0.29) is 17.5 Å². The number of aromatic nitrogens is 6. The number of aryl methyl sites for hydroxylation is 1. The summed E-state index contributed by atoms with van der Waals surface area (Å²) in [7, 11) is 0. The zero-order valence-corrected chi connectivity index (χ0v) is 26.3. The van der Waals surface area contributed by atoms with Crippen LogP contribution in [-0.2, 0) is 29.1 Å². The normalized spacial score (nSPS) is 11.9. The summed E-state index contributed by atoms with van der Waals surface area (Å²) in [5, 5.41) is 30.1. The highest BCUT2D eigenvalue weighted by Gasteiger charge is 2.20. The Hall–Kier alpha value is -4.99. The lowest BCUT2D eigenvalue weighted by molar-refractivity contribution is -0.497. The molecule has 0 saturated carbocycles. The van der Waals surface area contributed by atoms with Crippen molar-refractivity contribution in [2.45, 2.75) is 52.5 Å². The number of hydrogen-bond donors (Lipinski definition) is 2. The predicted octanol–water partition coefficient (Wildman–Crippen LogP) is 6.31. The first-order chi connectivity index (χ1) is 22.8. The van der Waals surface area contributed by atoms with Crippen LogP contribution in [0, 0.1) is 0 Å². The largest absolute Gasteiger partial charge is 0.515 e. The van der Waals surface area contributed by atoms with Crippen molar-refractivity contribution >= 4 is 24.0 Å². The second kappa shape index (κ2) is 15.5. The molecule has 0 bridgehead atoms. The van der Waals surface area contributed by atoms with Crippen molar-refractivity contribution in [2.24, 2.45) is 0 Å². The number of carbonyl (C=O) groups is 2. The van der Waals surface area contributed by atoms with Gasteiger partial charge in [-0.15, -0.1) is 15.0 Å². The minimum atomic E-state index is -1.04. The molecule has 1 atom stereocenters. The molecule has 3 aromatic carbocycles. The van der Waals surface area contributed by atoms with E-state index in [0.29, 0.717) is 29.2 Å². The minimum Gasteiger partial charge on any atom is -0.407 e. The summed E-state index contributed by atoms with van der Waals surface area (Å²) in [5.41, 5.74) is 4.18. The molecule has 0 saturated heterocycles. The SMILES string of the molecule is CCCCc1nc(Cl)c(C=O)n1Cc1ccc(-c2ccccc2-c2nnn(C(C)OC(=O)Oc3ccccc3CON(O)O)n2)cc1. The maximum atomic E-state index is 12.5. The molecule has 5 rings (SSSR count). The minimum absolute atomic E-state index is 0.105. The molecule has 14 nitrogen and oxygen atoms in total. The summed E-state index contributed by atoms with van der Waals surface area (Å²) < 4.78 is 12.5. The highest BCUT2D eigenvalue weighted by atomic mass is 35.5. The van der Waals surface area contributed by atoms with E-state index in [4.69, 9.17) is 31.5 Å². The number of ether oxygens (including phenoxy) is 2. The first-order valence-electron chi connectivity index (χ1n) is 14.7. The maximum Gasteiger partial charge on any atom is 0.515 e. The molecular formula is C32H32ClN7O7. The summed E-state index contributed by atoms with van der Waals surface area (Å²) in [5.74, 6) is 1.21. The third-order valence-electron chi connectivity index (χ3n) is 7.20. The quantitative estimate of drug-likeness (QED) is 0.0590. The summed E-state index contributed by atoms with van der Waals surface area (Å²) in [4.78, 5) is 34.4. The smallest absolute Gasteiger partial charge is 0.407 e. The van der Waals surface area contributed by atoms with Crippen LogP contribution in [-0.4, -0.2) is 58.0 Å². The van der Waals surface area contributed by atoms with Crippen LogP contribution in [0.15, 0.2) is 72.8 Å². The molecule has 0 aliphatic carbocycles. The van der Waals surface area contributed by atoms with Crippen LogP contribution < -0.4 is 4.74 Å². The lowest BCUT2D eigenvalue weighted by Crippen LogP contribution is -2.20. The zero-order chi connectivity index (χ0) is 33.3. The highest BCUT2D eigenvalue weighted by Crippen LogP contribution is 2.31. The molecule has 15 heteroatoms. The molecule has 0 aliphatic rings. The number of halogens is 1. The van der Waals surface area contributed by atoms with Crippen molar-refractivity contribution < 1.29 is 34.3 Å².